The molecular formula is C25H21N5O. The normalized spacial score (nSPS) is 17.4. The summed E-state index contributed by atoms with van der Waals surface area (Å²) in [6.07, 6.45) is 1.78. The maximum Gasteiger partial charge on any atom is 0.269 e. The van der Waals surface area contributed by atoms with Gasteiger partial charge in [0.2, 0.25) is 0 Å². The Morgan fingerprint density at radius 2 is 1.61 bits per heavy atom. The van der Waals surface area contributed by atoms with Gasteiger partial charge >= 0.3 is 0 Å². The summed E-state index contributed by atoms with van der Waals surface area (Å²) in [5.41, 5.74) is 4.29. The molecule has 0 saturated carbocycles. The summed E-state index contributed by atoms with van der Waals surface area (Å²) in [5, 5.41) is 6.91. The Morgan fingerprint density at radius 1 is 0.871 bits per heavy atom. The number of rotatable bonds is 3. The molecule has 0 radical (unpaired) electrons. The predicted octanol–water partition coefficient (Wildman–Crippen LogP) is 3.56. The second kappa shape index (κ2) is 7.09. The third-order valence-electron chi connectivity index (χ3n) is 5.99. The highest BCUT2D eigenvalue weighted by atomic mass is 16.1. The lowest BCUT2D eigenvalue weighted by molar-refractivity contribution is 0.637. The van der Waals surface area contributed by atoms with Gasteiger partial charge in [-0.2, -0.15) is 5.10 Å². The predicted molar refractivity (Wildman–Crippen MR) is 123 cm³/mol. The summed E-state index contributed by atoms with van der Waals surface area (Å²) in [6, 6.07) is 26.1. The maximum atomic E-state index is 13.6. The van der Waals surface area contributed by atoms with Gasteiger partial charge < -0.3 is 4.90 Å². The number of para-hydroxylation sites is 1. The number of benzene rings is 2. The van der Waals surface area contributed by atoms with Crippen LogP contribution < -0.4 is 15.5 Å². The largest absolute Gasteiger partial charge is 0.351 e. The summed E-state index contributed by atoms with van der Waals surface area (Å²) in [6.45, 7) is 2.24. The zero-order valence-electron chi connectivity index (χ0n) is 16.9. The van der Waals surface area contributed by atoms with Gasteiger partial charge in [-0.25, -0.2) is 4.98 Å². The first kappa shape index (κ1) is 17.9. The molecule has 2 aromatic carbocycles. The first-order chi connectivity index (χ1) is 15.3. The summed E-state index contributed by atoms with van der Waals surface area (Å²) in [7, 11) is 0. The molecule has 6 rings (SSSR count). The van der Waals surface area contributed by atoms with E-state index in [4.69, 9.17) is 10.1 Å². The van der Waals surface area contributed by atoms with Crippen molar-refractivity contribution in [2.45, 2.75) is 6.54 Å². The van der Waals surface area contributed by atoms with Gasteiger partial charge in [0.05, 0.1) is 17.9 Å². The molecule has 2 aromatic heterocycles. The second-order valence-electron chi connectivity index (χ2n) is 8.01. The molecule has 152 valence electrons. The van der Waals surface area contributed by atoms with Crippen LogP contribution >= 0.6 is 0 Å². The van der Waals surface area contributed by atoms with Crippen LogP contribution in [0.3, 0.4) is 0 Å². The number of hydrazone groups is 1. The SMILES string of the molecule is O=c1c2c(nc3ccccn13)N(Cc1ccccc1)C[C@@H]1CN(c3ccccc3)N=C21. The molecule has 6 heteroatoms. The van der Waals surface area contributed by atoms with Crippen molar-refractivity contribution < 1.29 is 0 Å². The van der Waals surface area contributed by atoms with Gasteiger partial charge in [-0.1, -0.05) is 54.6 Å². The summed E-state index contributed by atoms with van der Waals surface area (Å²) in [5.74, 6) is 0.873. The molecule has 0 saturated heterocycles. The number of aromatic nitrogens is 2. The van der Waals surface area contributed by atoms with Crippen molar-refractivity contribution in [3.63, 3.8) is 0 Å². The van der Waals surface area contributed by atoms with Crippen molar-refractivity contribution in [3.8, 4) is 0 Å². The molecule has 0 aliphatic carbocycles. The fourth-order valence-corrected chi connectivity index (χ4v) is 4.54. The van der Waals surface area contributed by atoms with Crippen molar-refractivity contribution >= 4 is 22.9 Å². The van der Waals surface area contributed by atoms with Crippen LogP contribution in [0.25, 0.3) is 5.65 Å². The summed E-state index contributed by atoms with van der Waals surface area (Å²) >= 11 is 0. The molecule has 2 aliphatic heterocycles. The van der Waals surface area contributed by atoms with Crippen molar-refractivity contribution in [1.82, 2.24) is 9.38 Å². The lowest BCUT2D eigenvalue weighted by atomic mass is 9.93. The van der Waals surface area contributed by atoms with E-state index in [0.717, 1.165) is 30.3 Å². The molecule has 31 heavy (non-hydrogen) atoms. The summed E-state index contributed by atoms with van der Waals surface area (Å²) < 4.78 is 1.62. The van der Waals surface area contributed by atoms with Crippen LogP contribution in [0.1, 0.15) is 11.1 Å². The number of fused-ring (bicyclic) bond motifs is 4. The van der Waals surface area contributed by atoms with E-state index in [2.05, 4.69) is 29.2 Å². The van der Waals surface area contributed by atoms with E-state index in [-0.39, 0.29) is 11.5 Å². The van der Waals surface area contributed by atoms with Gasteiger partial charge in [0, 0.05) is 25.2 Å². The number of hydrogen-bond donors (Lipinski definition) is 0. The third kappa shape index (κ3) is 2.99. The van der Waals surface area contributed by atoms with E-state index in [0.29, 0.717) is 17.8 Å². The summed E-state index contributed by atoms with van der Waals surface area (Å²) in [4.78, 5) is 20.7. The Hall–Kier alpha value is -3.93. The van der Waals surface area contributed by atoms with Crippen LogP contribution in [0.2, 0.25) is 0 Å². The smallest absolute Gasteiger partial charge is 0.269 e. The van der Waals surface area contributed by atoms with Crippen molar-refractivity contribution in [2.75, 3.05) is 23.0 Å². The monoisotopic (exact) mass is 407 g/mol. The first-order valence-corrected chi connectivity index (χ1v) is 10.5. The van der Waals surface area contributed by atoms with Gasteiger partial charge in [-0.05, 0) is 29.8 Å². The standard InChI is InChI=1S/C25H21N5O/c31-25-22-23-19(17-30(27-23)20-11-5-2-6-12-20)16-28(15-18-9-3-1-4-10-18)24(22)26-21-13-7-8-14-29(21)25/h1-14,19H,15-17H2/t19-/m1/s1. The Labute approximate surface area is 179 Å². The molecule has 2 aliphatic rings. The number of hydrogen-bond acceptors (Lipinski definition) is 5. The fourth-order valence-electron chi connectivity index (χ4n) is 4.54. The van der Waals surface area contributed by atoms with Crippen molar-refractivity contribution in [2.24, 2.45) is 11.0 Å². The van der Waals surface area contributed by atoms with Crippen LogP contribution in [-0.2, 0) is 6.54 Å². The van der Waals surface area contributed by atoms with E-state index in [9.17, 15) is 4.79 Å². The van der Waals surface area contributed by atoms with Gasteiger partial charge in [0.1, 0.15) is 17.0 Å². The molecule has 0 unspecified atom stereocenters. The molecule has 0 fully saturated rings. The fraction of sp³-hybridized carbons (Fsp3) is 0.160. The molecular weight excluding hydrogens is 386 g/mol. The molecule has 0 amide bonds. The van der Waals surface area contributed by atoms with Crippen LogP contribution in [-0.4, -0.2) is 28.2 Å². The van der Waals surface area contributed by atoms with Gasteiger partial charge in [-0.3, -0.25) is 14.2 Å². The zero-order chi connectivity index (χ0) is 20.8. The van der Waals surface area contributed by atoms with Crippen LogP contribution in [0, 0.1) is 5.92 Å². The van der Waals surface area contributed by atoms with Crippen LogP contribution in [0.4, 0.5) is 11.5 Å². The first-order valence-electron chi connectivity index (χ1n) is 10.5. The van der Waals surface area contributed by atoms with E-state index in [1.54, 1.807) is 10.6 Å². The van der Waals surface area contributed by atoms with Crippen LogP contribution in [0.5, 0.6) is 0 Å². The van der Waals surface area contributed by atoms with Crippen molar-refractivity contribution in [3.05, 3.63) is 107 Å². The minimum absolute atomic E-state index is 0.0583. The third-order valence-corrected chi connectivity index (χ3v) is 5.99. The van der Waals surface area contributed by atoms with Crippen LogP contribution in [0.15, 0.2) is 95.0 Å². The Bertz CT molecular complexity index is 1350. The average molecular weight is 407 g/mol. The molecule has 0 spiro atoms. The lowest BCUT2D eigenvalue weighted by Gasteiger charge is -2.33. The second-order valence-corrected chi connectivity index (χ2v) is 8.01. The lowest BCUT2D eigenvalue weighted by Crippen LogP contribution is -2.43. The maximum absolute atomic E-state index is 13.6. The highest BCUT2D eigenvalue weighted by Gasteiger charge is 2.39. The quantitative estimate of drug-likeness (QED) is 0.521. The highest BCUT2D eigenvalue weighted by Crippen LogP contribution is 2.33. The molecule has 1 atom stereocenters. The van der Waals surface area contributed by atoms with Gasteiger partial charge in [-0.15, -0.1) is 0 Å². The topological polar surface area (TPSA) is 53.2 Å². The minimum atomic E-state index is -0.0583. The molecule has 4 aromatic rings. The highest BCUT2D eigenvalue weighted by molar-refractivity contribution is 6.09. The van der Waals surface area contributed by atoms with Crippen molar-refractivity contribution in [1.29, 1.82) is 0 Å². The zero-order valence-corrected chi connectivity index (χ0v) is 16.9. The van der Waals surface area contributed by atoms with E-state index in [1.807, 2.05) is 59.6 Å². The molecule has 4 heterocycles. The number of anilines is 2. The minimum Gasteiger partial charge on any atom is -0.351 e. The van der Waals surface area contributed by atoms with E-state index < -0.39 is 0 Å². The Morgan fingerprint density at radius 3 is 2.42 bits per heavy atom. The number of nitrogens with zero attached hydrogens (tertiary/aromatic N) is 5. The molecule has 0 bridgehead atoms. The average Bonchev–Trinajstić information content (AvgIpc) is 3.24. The molecule has 0 N–H and O–H groups in total. The molecule has 6 nitrogen and oxygen atoms in total. The van der Waals surface area contributed by atoms with E-state index in [1.165, 1.54) is 5.56 Å². The number of pyridine rings is 1. The van der Waals surface area contributed by atoms with Gasteiger partial charge in [0.15, 0.2) is 0 Å². The van der Waals surface area contributed by atoms with Gasteiger partial charge in [0.25, 0.3) is 5.56 Å². The Balaban J connectivity index is 1.51. The Kier molecular flexibility index (Phi) is 4.09. The van der Waals surface area contributed by atoms with E-state index >= 15 is 0 Å².